The minimum Gasteiger partial charge on any atom is -0.481 e. The van der Waals surface area contributed by atoms with E-state index in [0.717, 1.165) is 0 Å². The van der Waals surface area contributed by atoms with Crippen LogP contribution in [-0.4, -0.2) is 28.8 Å². The normalized spacial score (nSPS) is 11.1. The van der Waals surface area contributed by atoms with E-state index < -0.39 is 17.4 Å². The number of rotatable bonds is 7. The van der Waals surface area contributed by atoms with Crippen molar-refractivity contribution in [3.63, 3.8) is 0 Å². The summed E-state index contributed by atoms with van der Waals surface area (Å²) in [5.41, 5.74) is -0.913. The molecule has 0 spiro atoms. The summed E-state index contributed by atoms with van der Waals surface area (Å²) in [6, 6.07) is 1.21. The molecule has 1 aromatic heterocycles. The van der Waals surface area contributed by atoms with Crippen molar-refractivity contribution in [1.29, 1.82) is 0 Å². The molecule has 1 heterocycles. The lowest BCUT2D eigenvalue weighted by molar-refractivity contribution is -0.149. The highest BCUT2D eigenvalue weighted by molar-refractivity contribution is 5.78. The Morgan fingerprint density at radius 1 is 1.37 bits per heavy atom. The van der Waals surface area contributed by atoms with E-state index in [1.165, 1.54) is 6.20 Å². The number of hydrogen-bond acceptors (Lipinski definition) is 4. The highest BCUT2D eigenvalue weighted by atomic mass is 16.5. The number of nitrogens with one attached hydrogen (secondary N) is 2. The van der Waals surface area contributed by atoms with E-state index >= 15 is 0 Å². The molecule has 0 fully saturated rings. The van der Waals surface area contributed by atoms with E-state index in [1.807, 2.05) is 0 Å². The van der Waals surface area contributed by atoms with Crippen molar-refractivity contribution in [3.8, 4) is 0 Å². The van der Waals surface area contributed by atoms with Gasteiger partial charge in [-0.15, -0.1) is 0 Å². The van der Waals surface area contributed by atoms with Gasteiger partial charge in [-0.1, -0.05) is 19.0 Å². The maximum atomic E-state index is 11.6. The van der Waals surface area contributed by atoms with Crippen LogP contribution in [0.4, 0.5) is 4.79 Å². The van der Waals surface area contributed by atoms with Gasteiger partial charge in [-0.3, -0.25) is 4.79 Å². The minimum atomic E-state index is -0.913. The van der Waals surface area contributed by atoms with Gasteiger partial charge >= 0.3 is 12.0 Å². The van der Waals surface area contributed by atoms with Crippen LogP contribution in [0.1, 0.15) is 32.4 Å². The molecule has 0 aliphatic carbocycles. The van der Waals surface area contributed by atoms with E-state index in [4.69, 9.17) is 4.52 Å². The second-order valence-corrected chi connectivity index (χ2v) is 4.31. The van der Waals surface area contributed by atoms with E-state index in [1.54, 1.807) is 19.9 Å². The number of carbonyl (C=O) groups excluding carboxylic acids is 1. The van der Waals surface area contributed by atoms with Gasteiger partial charge < -0.3 is 20.3 Å². The Morgan fingerprint density at radius 3 is 2.53 bits per heavy atom. The van der Waals surface area contributed by atoms with Gasteiger partial charge in [0.15, 0.2) is 5.76 Å². The average Bonchev–Trinajstić information content (AvgIpc) is 2.91. The highest BCUT2D eigenvalue weighted by Gasteiger charge is 2.35. The van der Waals surface area contributed by atoms with Gasteiger partial charge in [0, 0.05) is 12.6 Å². The number of carbonyl (C=O) groups is 2. The first-order chi connectivity index (χ1) is 9.04. The fraction of sp³-hybridized carbons (Fsp3) is 0.583. The number of hydrogen-bond donors (Lipinski definition) is 3. The Labute approximate surface area is 111 Å². The molecule has 0 saturated heterocycles. The summed E-state index contributed by atoms with van der Waals surface area (Å²) >= 11 is 0. The topological polar surface area (TPSA) is 104 Å². The fourth-order valence-corrected chi connectivity index (χ4v) is 1.69. The zero-order chi connectivity index (χ0) is 14.3. The highest BCUT2D eigenvalue weighted by Crippen LogP contribution is 2.25. The first kappa shape index (κ1) is 15.0. The van der Waals surface area contributed by atoms with Crippen LogP contribution in [0.5, 0.6) is 0 Å². The average molecular weight is 269 g/mol. The van der Waals surface area contributed by atoms with Crippen LogP contribution in [-0.2, 0) is 11.3 Å². The summed E-state index contributed by atoms with van der Waals surface area (Å²) in [6.45, 7) is 3.90. The SMILES string of the molecule is CCC(CC)(CNC(=O)NCc1ccno1)C(=O)O. The molecule has 1 aromatic rings. The molecule has 106 valence electrons. The summed E-state index contributed by atoms with van der Waals surface area (Å²) in [6.07, 6.45) is 2.40. The zero-order valence-corrected chi connectivity index (χ0v) is 11.1. The molecule has 1 rings (SSSR count). The number of urea groups is 1. The van der Waals surface area contributed by atoms with Crippen molar-refractivity contribution in [2.45, 2.75) is 33.2 Å². The summed E-state index contributed by atoms with van der Waals surface area (Å²) < 4.78 is 4.82. The molecule has 3 N–H and O–H groups in total. The van der Waals surface area contributed by atoms with Crippen LogP contribution in [0.25, 0.3) is 0 Å². The van der Waals surface area contributed by atoms with Crippen LogP contribution in [0.15, 0.2) is 16.8 Å². The monoisotopic (exact) mass is 269 g/mol. The Balaban J connectivity index is 2.42. The van der Waals surface area contributed by atoms with Crippen molar-refractivity contribution >= 4 is 12.0 Å². The van der Waals surface area contributed by atoms with Gasteiger partial charge in [-0.25, -0.2) is 4.79 Å². The molecule has 0 aliphatic heterocycles. The number of carboxylic acid groups (broad SMARTS) is 1. The second kappa shape index (κ2) is 6.77. The second-order valence-electron chi connectivity index (χ2n) is 4.31. The molecule has 2 amide bonds. The first-order valence-electron chi connectivity index (χ1n) is 6.18. The van der Waals surface area contributed by atoms with Gasteiger partial charge in [0.2, 0.25) is 0 Å². The van der Waals surface area contributed by atoms with E-state index in [2.05, 4.69) is 15.8 Å². The van der Waals surface area contributed by atoms with Crippen LogP contribution < -0.4 is 10.6 Å². The molecule has 0 aliphatic rings. The van der Waals surface area contributed by atoms with Gasteiger partial charge in [0.1, 0.15) is 0 Å². The molecule has 19 heavy (non-hydrogen) atoms. The van der Waals surface area contributed by atoms with Crippen LogP contribution in [0.2, 0.25) is 0 Å². The summed E-state index contributed by atoms with van der Waals surface area (Å²) in [7, 11) is 0. The summed E-state index contributed by atoms with van der Waals surface area (Å²) in [4.78, 5) is 22.8. The zero-order valence-electron chi connectivity index (χ0n) is 11.1. The summed E-state index contributed by atoms with van der Waals surface area (Å²) in [5, 5.41) is 17.9. The number of aliphatic carboxylic acids is 1. The molecular formula is C12H19N3O4. The maximum Gasteiger partial charge on any atom is 0.315 e. The van der Waals surface area contributed by atoms with E-state index in [-0.39, 0.29) is 13.1 Å². The van der Waals surface area contributed by atoms with Gasteiger partial charge in [-0.2, -0.15) is 0 Å². The largest absolute Gasteiger partial charge is 0.481 e. The molecule has 0 radical (unpaired) electrons. The lowest BCUT2D eigenvalue weighted by atomic mass is 9.82. The molecule has 0 bridgehead atoms. The third kappa shape index (κ3) is 3.97. The number of aromatic nitrogens is 1. The Morgan fingerprint density at radius 2 is 2.05 bits per heavy atom. The van der Waals surface area contributed by atoms with Crippen molar-refractivity contribution in [1.82, 2.24) is 15.8 Å². The van der Waals surface area contributed by atoms with Gasteiger partial charge in [0.05, 0.1) is 18.2 Å². The van der Waals surface area contributed by atoms with Crippen LogP contribution >= 0.6 is 0 Å². The van der Waals surface area contributed by atoms with Crippen molar-refractivity contribution in [3.05, 3.63) is 18.0 Å². The van der Waals surface area contributed by atoms with Crippen molar-refractivity contribution in [2.24, 2.45) is 5.41 Å². The Bertz CT molecular complexity index is 413. The molecule has 0 saturated carbocycles. The molecule has 0 aromatic carbocycles. The molecule has 0 unspecified atom stereocenters. The quantitative estimate of drug-likeness (QED) is 0.693. The van der Waals surface area contributed by atoms with E-state index in [0.29, 0.717) is 18.6 Å². The van der Waals surface area contributed by atoms with Crippen molar-refractivity contribution < 1.29 is 19.2 Å². The number of nitrogens with zero attached hydrogens (tertiary/aromatic N) is 1. The predicted octanol–water partition coefficient (Wildman–Crippen LogP) is 1.36. The third-order valence-corrected chi connectivity index (χ3v) is 3.31. The van der Waals surface area contributed by atoms with Crippen LogP contribution in [0, 0.1) is 5.41 Å². The van der Waals surface area contributed by atoms with Crippen molar-refractivity contribution in [2.75, 3.05) is 6.54 Å². The Hall–Kier alpha value is -2.05. The fourth-order valence-electron chi connectivity index (χ4n) is 1.69. The molecule has 7 heteroatoms. The predicted molar refractivity (Wildman–Crippen MR) is 67.4 cm³/mol. The lowest BCUT2D eigenvalue weighted by Gasteiger charge is -2.26. The first-order valence-corrected chi connectivity index (χ1v) is 6.18. The number of carboxylic acids is 1. The lowest BCUT2D eigenvalue weighted by Crippen LogP contribution is -2.45. The van der Waals surface area contributed by atoms with Gasteiger partial charge in [-0.05, 0) is 12.8 Å². The third-order valence-electron chi connectivity index (χ3n) is 3.31. The van der Waals surface area contributed by atoms with Gasteiger partial charge in [0.25, 0.3) is 0 Å². The Kier molecular flexibility index (Phi) is 5.35. The summed E-state index contributed by atoms with van der Waals surface area (Å²) in [5.74, 6) is -0.362. The standard InChI is InChI=1S/C12H19N3O4/c1-3-12(4-2,10(16)17)8-14-11(18)13-7-9-5-6-15-19-9/h5-6H,3-4,7-8H2,1-2H3,(H,16,17)(H2,13,14,18). The molecular weight excluding hydrogens is 250 g/mol. The maximum absolute atomic E-state index is 11.6. The smallest absolute Gasteiger partial charge is 0.315 e. The van der Waals surface area contributed by atoms with E-state index in [9.17, 15) is 14.7 Å². The molecule has 7 nitrogen and oxygen atoms in total. The number of amides is 2. The minimum absolute atomic E-state index is 0.0948. The molecule has 0 atom stereocenters. The van der Waals surface area contributed by atoms with Crippen LogP contribution in [0.3, 0.4) is 0 Å².